The van der Waals surface area contributed by atoms with Crippen molar-refractivity contribution >= 4 is 39.5 Å². The summed E-state index contributed by atoms with van der Waals surface area (Å²) in [7, 11) is 0. The van der Waals surface area contributed by atoms with E-state index in [2.05, 4.69) is 28.6 Å². The van der Waals surface area contributed by atoms with Crippen LogP contribution in [0.3, 0.4) is 0 Å². The zero-order chi connectivity index (χ0) is 8.55. The van der Waals surface area contributed by atoms with Gasteiger partial charge in [0.15, 0.2) is 0 Å². The van der Waals surface area contributed by atoms with E-state index in [1.807, 2.05) is 18.2 Å². The van der Waals surface area contributed by atoms with E-state index >= 15 is 0 Å². The molecule has 12 heavy (non-hydrogen) atoms. The molecule has 0 radical (unpaired) electrons. The summed E-state index contributed by atoms with van der Waals surface area (Å²) in [5.41, 5.74) is 2.05. The minimum atomic E-state index is 0.717. The number of rotatable bonds is 1. The third-order valence-electron chi connectivity index (χ3n) is 1.79. The number of furan rings is 1. The SMILES string of the molecule is SCc1coc2cc(Br)ccc12. The number of benzene rings is 1. The van der Waals surface area contributed by atoms with Crippen LogP contribution in [0.4, 0.5) is 0 Å². The average Bonchev–Trinajstić information content (AvgIpc) is 2.46. The molecule has 1 aromatic heterocycles. The molecule has 0 N–H and O–H groups in total. The van der Waals surface area contributed by atoms with Gasteiger partial charge in [-0.3, -0.25) is 0 Å². The largest absolute Gasteiger partial charge is 0.464 e. The van der Waals surface area contributed by atoms with Crippen LogP contribution in [0.15, 0.2) is 33.4 Å². The van der Waals surface area contributed by atoms with Crippen LogP contribution in [-0.4, -0.2) is 0 Å². The second-order valence-corrected chi connectivity index (χ2v) is 3.79. The van der Waals surface area contributed by atoms with E-state index in [1.165, 1.54) is 0 Å². The third-order valence-corrected chi connectivity index (χ3v) is 2.62. The first-order valence-corrected chi connectivity index (χ1v) is 5.00. The molecule has 0 aliphatic rings. The lowest BCUT2D eigenvalue weighted by Crippen LogP contribution is -1.72. The molecule has 0 aliphatic heterocycles. The van der Waals surface area contributed by atoms with Gasteiger partial charge in [0, 0.05) is 21.2 Å². The highest BCUT2D eigenvalue weighted by Gasteiger charge is 2.03. The van der Waals surface area contributed by atoms with Gasteiger partial charge in [-0.25, -0.2) is 0 Å². The van der Waals surface area contributed by atoms with Crippen LogP contribution in [0, 0.1) is 0 Å². The summed E-state index contributed by atoms with van der Waals surface area (Å²) >= 11 is 7.59. The number of hydrogen-bond donors (Lipinski definition) is 1. The normalized spacial score (nSPS) is 10.8. The zero-order valence-corrected chi connectivity index (χ0v) is 8.73. The van der Waals surface area contributed by atoms with Gasteiger partial charge in [0.1, 0.15) is 5.58 Å². The Morgan fingerprint density at radius 1 is 1.42 bits per heavy atom. The van der Waals surface area contributed by atoms with Gasteiger partial charge in [-0.05, 0) is 18.2 Å². The van der Waals surface area contributed by atoms with Gasteiger partial charge in [-0.2, -0.15) is 12.6 Å². The fourth-order valence-corrected chi connectivity index (χ4v) is 1.76. The molecule has 3 heteroatoms. The molecule has 2 aromatic rings. The molecule has 0 spiro atoms. The first kappa shape index (κ1) is 8.20. The summed E-state index contributed by atoms with van der Waals surface area (Å²) in [4.78, 5) is 0. The maximum atomic E-state index is 5.34. The smallest absolute Gasteiger partial charge is 0.135 e. The molecule has 1 heterocycles. The molecule has 0 amide bonds. The Hall–Kier alpha value is -0.410. The Morgan fingerprint density at radius 2 is 2.25 bits per heavy atom. The average molecular weight is 243 g/mol. The van der Waals surface area contributed by atoms with Crippen molar-refractivity contribution in [2.75, 3.05) is 0 Å². The van der Waals surface area contributed by atoms with E-state index in [-0.39, 0.29) is 0 Å². The fraction of sp³-hybridized carbons (Fsp3) is 0.111. The van der Waals surface area contributed by atoms with Crippen LogP contribution in [0.1, 0.15) is 5.56 Å². The quantitative estimate of drug-likeness (QED) is 0.755. The van der Waals surface area contributed by atoms with Crippen molar-refractivity contribution in [1.29, 1.82) is 0 Å². The third kappa shape index (κ3) is 1.27. The van der Waals surface area contributed by atoms with Crippen LogP contribution in [0.2, 0.25) is 0 Å². The van der Waals surface area contributed by atoms with Crippen LogP contribution >= 0.6 is 28.6 Å². The molecule has 0 saturated carbocycles. The predicted molar refractivity (Wildman–Crippen MR) is 56.6 cm³/mol. The van der Waals surface area contributed by atoms with E-state index in [4.69, 9.17) is 4.42 Å². The Balaban J connectivity index is 2.73. The Morgan fingerprint density at radius 3 is 3.00 bits per heavy atom. The minimum absolute atomic E-state index is 0.717. The summed E-state index contributed by atoms with van der Waals surface area (Å²) in [6, 6.07) is 6.00. The Labute approximate surface area is 84.3 Å². The van der Waals surface area contributed by atoms with Crippen LogP contribution in [-0.2, 0) is 5.75 Å². The number of halogens is 1. The van der Waals surface area contributed by atoms with Crippen molar-refractivity contribution in [2.24, 2.45) is 0 Å². The topological polar surface area (TPSA) is 13.1 Å². The van der Waals surface area contributed by atoms with Gasteiger partial charge in [-0.1, -0.05) is 15.9 Å². The summed E-state index contributed by atoms with van der Waals surface area (Å²) in [5, 5.41) is 1.15. The van der Waals surface area contributed by atoms with Crippen molar-refractivity contribution < 1.29 is 4.42 Å². The van der Waals surface area contributed by atoms with Gasteiger partial charge in [0.2, 0.25) is 0 Å². The molecule has 0 unspecified atom stereocenters. The molecule has 0 saturated heterocycles. The highest BCUT2D eigenvalue weighted by Crippen LogP contribution is 2.25. The van der Waals surface area contributed by atoms with E-state index < -0.39 is 0 Å². The van der Waals surface area contributed by atoms with Gasteiger partial charge >= 0.3 is 0 Å². The molecule has 1 aromatic carbocycles. The van der Waals surface area contributed by atoms with Crippen molar-refractivity contribution in [3.8, 4) is 0 Å². The fourth-order valence-electron chi connectivity index (χ4n) is 1.18. The molecule has 62 valence electrons. The lowest BCUT2D eigenvalue weighted by molar-refractivity contribution is 0.612. The number of hydrogen-bond acceptors (Lipinski definition) is 2. The standard InChI is InChI=1S/C9H7BrOS/c10-7-1-2-8-6(5-12)4-11-9(8)3-7/h1-4,12H,5H2. The zero-order valence-electron chi connectivity index (χ0n) is 6.25. The first-order chi connectivity index (χ1) is 5.81. The molecule has 0 bridgehead atoms. The molecular formula is C9H7BrOS. The summed E-state index contributed by atoms with van der Waals surface area (Å²) in [6.07, 6.45) is 1.75. The van der Waals surface area contributed by atoms with E-state index in [1.54, 1.807) is 6.26 Å². The highest BCUT2D eigenvalue weighted by molar-refractivity contribution is 9.10. The minimum Gasteiger partial charge on any atom is -0.464 e. The molecule has 0 atom stereocenters. The predicted octanol–water partition coefficient (Wildman–Crippen LogP) is 3.63. The highest BCUT2D eigenvalue weighted by atomic mass is 79.9. The summed E-state index contributed by atoms with van der Waals surface area (Å²) in [5.74, 6) is 0.717. The van der Waals surface area contributed by atoms with E-state index in [0.29, 0.717) is 5.75 Å². The summed E-state index contributed by atoms with van der Waals surface area (Å²) in [6.45, 7) is 0. The lowest BCUT2D eigenvalue weighted by Gasteiger charge is -1.91. The van der Waals surface area contributed by atoms with Crippen molar-refractivity contribution in [3.05, 3.63) is 34.5 Å². The molecule has 0 fully saturated rings. The molecule has 0 aliphatic carbocycles. The summed E-state index contributed by atoms with van der Waals surface area (Å²) < 4.78 is 6.38. The van der Waals surface area contributed by atoms with Gasteiger partial charge < -0.3 is 4.42 Å². The van der Waals surface area contributed by atoms with Gasteiger partial charge in [0.25, 0.3) is 0 Å². The van der Waals surface area contributed by atoms with E-state index in [0.717, 1.165) is 21.0 Å². The molecule has 2 rings (SSSR count). The first-order valence-electron chi connectivity index (χ1n) is 3.58. The van der Waals surface area contributed by atoms with Gasteiger partial charge in [-0.15, -0.1) is 0 Å². The maximum Gasteiger partial charge on any atom is 0.135 e. The second kappa shape index (κ2) is 3.15. The van der Waals surface area contributed by atoms with Crippen LogP contribution < -0.4 is 0 Å². The van der Waals surface area contributed by atoms with E-state index in [9.17, 15) is 0 Å². The Kier molecular flexibility index (Phi) is 2.15. The van der Waals surface area contributed by atoms with Crippen molar-refractivity contribution in [2.45, 2.75) is 5.75 Å². The number of thiol groups is 1. The maximum absolute atomic E-state index is 5.34. The monoisotopic (exact) mass is 242 g/mol. The molecule has 1 nitrogen and oxygen atoms in total. The lowest BCUT2D eigenvalue weighted by atomic mass is 10.2. The van der Waals surface area contributed by atoms with Crippen molar-refractivity contribution in [1.82, 2.24) is 0 Å². The van der Waals surface area contributed by atoms with Gasteiger partial charge in [0.05, 0.1) is 6.26 Å². The van der Waals surface area contributed by atoms with Crippen molar-refractivity contribution in [3.63, 3.8) is 0 Å². The van der Waals surface area contributed by atoms with Crippen LogP contribution in [0.5, 0.6) is 0 Å². The Bertz CT molecular complexity index is 408. The second-order valence-electron chi connectivity index (χ2n) is 2.56. The number of fused-ring (bicyclic) bond motifs is 1. The van der Waals surface area contributed by atoms with Crippen LogP contribution in [0.25, 0.3) is 11.0 Å². The molecular weight excluding hydrogens is 236 g/mol.